The number of morpholine rings is 1. The fourth-order valence-electron chi connectivity index (χ4n) is 3.43. The Morgan fingerprint density at radius 2 is 2.03 bits per heavy atom. The average Bonchev–Trinajstić information content (AvgIpc) is 3.13. The Kier molecular flexibility index (Phi) is 6.45. The molecule has 0 saturated carbocycles. The number of thiazole rings is 1. The van der Waals surface area contributed by atoms with Crippen molar-refractivity contribution < 1.29 is 9.53 Å². The van der Waals surface area contributed by atoms with E-state index in [2.05, 4.69) is 24.0 Å². The predicted molar refractivity (Wildman–Crippen MR) is 119 cm³/mol. The predicted octanol–water partition coefficient (Wildman–Crippen LogP) is 4.17. The van der Waals surface area contributed by atoms with Gasteiger partial charge in [0.15, 0.2) is 5.13 Å². The molecule has 5 nitrogen and oxygen atoms in total. The third-order valence-electron chi connectivity index (χ3n) is 5.11. The van der Waals surface area contributed by atoms with Gasteiger partial charge in [0.2, 0.25) is 5.91 Å². The van der Waals surface area contributed by atoms with Crippen LogP contribution in [0.3, 0.4) is 0 Å². The Bertz CT molecular complexity index is 1000. The van der Waals surface area contributed by atoms with Crippen LogP contribution in [0.2, 0.25) is 5.02 Å². The zero-order valence-electron chi connectivity index (χ0n) is 16.4. The molecule has 1 saturated heterocycles. The van der Waals surface area contributed by atoms with E-state index in [4.69, 9.17) is 21.3 Å². The van der Waals surface area contributed by atoms with Gasteiger partial charge in [-0.2, -0.15) is 0 Å². The lowest BCUT2D eigenvalue weighted by atomic mass is 10.1. The van der Waals surface area contributed by atoms with E-state index < -0.39 is 0 Å². The summed E-state index contributed by atoms with van der Waals surface area (Å²) in [6, 6.07) is 13.7. The smallest absolute Gasteiger partial charge is 0.233 e. The maximum atomic E-state index is 13.3. The lowest BCUT2D eigenvalue weighted by Crippen LogP contribution is -2.43. The first-order valence-corrected chi connectivity index (χ1v) is 11.0. The van der Waals surface area contributed by atoms with E-state index in [0.717, 1.165) is 53.8 Å². The maximum absolute atomic E-state index is 13.3. The molecule has 4 rings (SSSR count). The molecule has 0 aliphatic carbocycles. The molecule has 0 unspecified atom stereocenters. The molecule has 3 aromatic rings. The third kappa shape index (κ3) is 4.95. The Morgan fingerprint density at radius 3 is 2.83 bits per heavy atom. The number of hydrogen-bond acceptors (Lipinski definition) is 5. The summed E-state index contributed by atoms with van der Waals surface area (Å²) in [5.74, 6) is 0.0159. The Hall–Kier alpha value is -1.99. The summed E-state index contributed by atoms with van der Waals surface area (Å²) < 4.78 is 6.53. The lowest BCUT2D eigenvalue weighted by molar-refractivity contribution is -0.118. The molecule has 0 N–H and O–H groups in total. The highest BCUT2D eigenvalue weighted by molar-refractivity contribution is 7.22. The van der Waals surface area contributed by atoms with Gasteiger partial charge in [0.25, 0.3) is 0 Å². The highest BCUT2D eigenvalue weighted by Crippen LogP contribution is 2.30. The van der Waals surface area contributed by atoms with Crippen LogP contribution >= 0.6 is 22.9 Å². The van der Waals surface area contributed by atoms with Gasteiger partial charge in [0.1, 0.15) is 0 Å². The molecule has 1 aromatic heterocycles. The average molecular weight is 430 g/mol. The second-order valence-corrected chi connectivity index (χ2v) is 8.65. The molecule has 1 fully saturated rings. The largest absolute Gasteiger partial charge is 0.379 e. The molecule has 1 aliphatic heterocycles. The van der Waals surface area contributed by atoms with Crippen LogP contribution in [-0.4, -0.2) is 55.2 Å². The second kappa shape index (κ2) is 9.22. The third-order valence-corrected chi connectivity index (χ3v) is 6.52. The minimum absolute atomic E-state index is 0.0159. The number of fused-ring (bicyclic) bond motifs is 1. The molecule has 1 aliphatic rings. The van der Waals surface area contributed by atoms with Gasteiger partial charge in [-0.15, -0.1) is 0 Å². The van der Waals surface area contributed by atoms with E-state index in [1.165, 1.54) is 5.56 Å². The molecule has 2 aromatic carbocycles. The number of anilines is 1. The van der Waals surface area contributed by atoms with Crippen molar-refractivity contribution in [2.24, 2.45) is 0 Å². The number of benzene rings is 2. The van der Waals surface area contributed by atoms with Gasteiger partial charge in [0.05, 0.1) is 29.9 Å². The standard InChI is InChI=1S/C22H24ClN3O2S/c1-16-6-7-19-20(14-16)29-22(24-19)26(9-8-25-10-12-28-13-11-25)21(27)15-17-4-2-3-5-18(17)23/h2-7,14H,8-13,15H2,1H3. The highest BCUT2D eigenvalue weighted by Gasteiger charge is 2.22. The van der Waals surface area contributed by atoms with Crippen molar-refractivity contribution in [2.75, 3.05) is 44.3 Å². The van der Waals surface area contributed by atoms with Crippen LogP contribution in [0.4, 0.5) is 5.13 Å². The molecule has 29 heavy (non-hydrogen) atoms. The molecule has 0 bridgehead atoms. The van der Waals surface area contributed by atoms with Crippen LogP contribution in [0.25, 0.3) is 10.2 Å². The van der Waals surface area contributed by atoms with Gasteiger partial charge in [-0.25, -0.2) is 4.98 Å². The van der Waals surface area contributed by atoms with Crippen molar-refractivity contribution in [1.29, 1.82) is 0 Å². The van der Waals surface area contributed by atoms with Gasteiger partial charge in [-0.3, -0.25) is 14.6 Å². The fourth-order valence-corrected chi connectivity index (χ4v) is 4.74. The van der Waals surface area contributed by atoms with Crippen LogP contribution in [0, 0.1) is 6.92 Å². The fraction of sp³-hybridized carbons (Fsp3) is 0.364. The molecule has 0 radical (unpaired) electrons. The minimum atomic E-state index is 0.0159. The summed E-state index contributed by atoms with van der Waals surface area (Å²) >= 11 is 7.86. The summed E-state index contributed by atoms with van der Waals surface area (Å²) in [5.41, 5.74) is 2.96. The van der Waals surface area contributed by atoms with Crippen LogP contribution in [0.5, 0.6) is 0 Å². The van der Waals surface area contributed by atoms with E-state index in [9.17, 15) is 4.79 Å². The number of nitrogens with zero attached hydrogens (tertiary/aromatic N) is 3. The normalized spacial score (nSPS) is 15.0. The zero-order chi connectivity index (χ0) is 20.2. The quantitative estimate of drug-likeness (QED) is 0.590. The number of amides is 1. The van der Waals surface area contributed by atoms with Crippen LogP contribution in [0.15, 0.2) is 42.5 Å². The first kappa shape index (κ1) is 20.3. The van der Waals surface area contributed by atoms with Gasteiger partial charge in [-0.05, 0) is 36.2 Å². The number of hydrogen-bond donors (Lipinski definition) is 0. The number of ether oxygens (including phenoxy) is 1. The van der Waals surface area contributed by atoms with Gasteiger partial charge in [-0.1, -0.05) is 47.2 Å². The number of aromatic nitrogens is 1. The summed E-state index contributed by atoms with van der Waals surface area (Å²) in [7, 11) is 0. The van der Waals surface area contributed by atoms with Crippen molar-refractivity contribution in [2.45, 2.75) is 13.3 Å². The van der Waals surface area contributed by atoms with Crippen molar-refractivity contribution in [3.05, 3.63) is 58.6 Å². The Morgan fingerprint density at radius 1 is 1.24 bits per heavy atom. The summed E-state index contributed by atoms with van der Waals surface area (Å²) in [5, 5.41) is 1.37. The Labute approximate surface area is 179 Å². The van der Waals surface area contributed by atoms with Crippen LogP contribution in [0.1, 0.15) is 11.1 Å². The van der Waals surface area contributed by atoms with E-state index in [-0.39, 0.29) is 12.3 Å². The van der Waals surface area contributed by atoms with Crippen LogP contribution < -0.4 is 4.90 Å². The minimum Gasteiger partial charge on any atom is -0.379 e. The molecule has 7 heteroatoms. The summed E-state index contributed by atoms with van der Waals surface area (Å²) in [6.45, 7) is 6.74. The molecular formula is C22H24ClN3O2S. The number of carbonyl (C=O) groups excluding carboxylic acids is 1. The number of rotatable bonds is 6. The number of carbonyl (C=O) groups is 1. The van der Waals surface area contributed by atoms with E-state index in [0.29, 0.717) is 11.6 Å². The monoisotopic (exact) mass is 429 g/mol. The number of halogens is 1. The summed E-state index contributed by atoms with van der Waals surface area (Å²) in [6.07, 6.45) is 0.262. The molecule has 152 valence electrons. The van der Waals surface area contributed by atoms with E-state index >= 15 is 0 Å². The van der Waals surface area contributed by atoms with Crippen molar-refractivity contribution in [3.8, 4) is 0 Å². The molecule has 2 heterocycles. The molecular weight excluding hydrogens is 406 g/mol. The lowest BCUT2D eigenvalue weighted by Gasteiger charge is -2.29. The van der Waals surface area contributed by atoms with E-state index in [1.807, 2.05) is 35.2 Å². The summed E-state index contributed by atoms with van der Waals surface area (Å²) in [4.78, 5) is 22.2. The van der Waals surface area contributed by atoms with Crippen molar-refractivity contribution in [3.63, 3.8) is 0 Å². The number of aryl methyl sites for hydroxylation is 1. The van der Waals surface area contributed by atoms with Crippen molar-refractivity contribution >= 4 is 44.2 Å². The Balaban J connectivity index is 1.58. The van der Waals surface area contributed by atoms with Gasteiger partial charge >= 0.3 is 0 Å². The topological polar surface area (TPSA) is 45.7 Å². The van der Waals surface area contributed by atoms with Gasteiger partial charge < -0.3 is 4.74 Å². The molecule has 0 spiro atoms. The van der Waals surface area contributed by atoms with Gasteiger partial charge in [0, 0.05) is 31.2 Å². The maximum Gasteiger partial charge on any atom is 0.233 e. The van der Waals surface area contributed by atoms with Crippen LogP contribution in [-0.2, 0) is 16.0 Å². The van der Waals surface area contributed by atoms with Crippen molar-refractivity contribution in [1.82, 2.24) is 9.88 Å². The van der Waals surface area contributed by atoms with E-state index in [1.54, 1.807) is 11.3 Å². The second-order valence-electron chi connectivity index (χ2n) is 7.24. The first-order chi connectivity index (χ1) is 14.1. The molecule has 1 amide bonds. The SMILES string of the molecule is Cc1ccc2nc(N(CCN3CCOCC3)C(=O)Cc3ccccc3Cl)sc2c1. The first-order valence-electron chi connectivity index (χ1n) is 9.81. The highest BCUT2D eigenvalue weighted by atomic mass is 35.5. The molecule has 0 atom stereocenters. The zero-order valence-corrected chi connectivity index (χ0v) is 18.0.